The van der Waals surface area contributed by atoms with Gasteiger partial charge in [0.05, 0.1) is 12.2 Å². The summed E-state index contributed by atoms with van der Waals surface area (Å²) in [4.78, 5) is 6.77. The number of nitrogens with one attached hydrogen (secondary N) is 1. The van der Waals surface area contributed by atoms with E-state index in [2.05, 4.69) is 29.2 Å². The van der Waals surface area contributed by atoms with Gasteiger partial charge in [-0.15, -0.1) is 0 Å². The van der Waals surface area contributed by atoms with Crippen molar-refractivity contribution in [2.45, 2.75) is 31.7 Å². The lowest BCUT2D eigenvalue weighted by Gasteiger charge is -2.26. The van der Waals surface area contributed by atoms with Crippen LogP contribution in [0.4, 0.5) is 0 Å². The average molecular weight is 223 g/mol. The highest BCUT2D eigenvalue weighted by molar-refractivity contribution is 5.03. The number of aromatic nitrogens is 1. The van der Waals surface area contributed by atoms with Crippen LogP contribution in [0.25, 0.3) is 0 Å². The van der Waals surface area contributed by atoms with Crippen LogP contribution < -0.4 is 5.32 Å². The van der Waals surface area contributed by atoms with Crippen LogP contribution in [0.3, 0.4) is 0 Å². The van der Waals surface area contributed by atoms with Crippen molar-refractivity contribution >= 4 is 0 Å². The third kappa shape index (κ3) is 2.44. The number of likely N-dealkylation sites (tertiary alicyclic amines) is 1. The molecule has 16 heavy (non-hydrogen) atoms. The second-order valence-corrected chi connectivity index (χ2v) is 4.69. The summed E-state index contributed by atoms with van der Waals surface area (Å²) in [6, 6.07) is 0.243. The van der Waals surface area contributed by atoms with Gasteiger partial charge in [0, 0.05) is 5.92 Å². The van der Waals surface area contributed by atoms with E-state index in [1.54, 1.807) is 0 Å². The number of oxazole rings is 1. The van der Waals surface area contributed by atoms with Crippen molar-refractivity contribution in [3.05, 3.63) is 17.8 Å². The summed E-state index contributed by atoms with van der Waals surface area (Å²) < 4.78 is 5.82. The number of hydrogen-bond donors (Lipinski definition) is 1. The first-order chi connectivity index (χ1) is 7.70. The predicted molar refractivity (Wildman–Crippen MR) is 63.4 cm³/mol. The summed E-state index contributed by atoms with van der Waals surface area (Å²) in [7, 11) is 4.10. The van der Waals surface area contributed by atoms with Crippen LogP contribution in [0.15, 0.2) is 10.6 Å². The van der Waals surface area contributed by atoms with Gasteiger partial charge >= 0.3 is 0 Å². The maximum Gasteiger partial charge on any atom is 0.197 e. The quantitative estimate of drug-likeness (QED) is 0.848. The molecular formula is C12H21N3O. The molecule has 90 valence electrons. The number of nitrogens with zero attached hydrogens (tertiary/aromatic N) is 2. The van der Waals surface area contributed by atoms with Crippen LogP contribution in [0.2, 0.25) is 0 Å². The first-order valence-corrected chi connectivity index (χ1v) is 6.02. The van der Waals surface area contributed by atoms with Crippen molar-refractivity contribution < 1.29 is 4.42 Å². The van der Waals surface area contributed by atoms with Crippen molar-refractivity contribution in [1.82, 2.24) is 15.2 Å². The Kier molecular flexibility index (Phi) is 3.61. The summed E-state index contributed by atoms with van der Waals surface area (Å²) in [5, 5.41) is 3.16. The van der Waals surface area contributed by atoms with Crippen LogP contribution in [-0.4, -0.2) is 37.1 Å². The zero-order valence-corrected chi connectivity index (χ0v) is 10.4. The standard InChI is InChI=1S/C12H21N3O/c1-9(13-2)11-8-14-12(16-11)10-4-6-15(3)7-5-10/h8-10,13H,4-7H2,1-3H3. The summed E-state index contributed by atoms with van der Waals surface area (Å²) in [6.07, 6.45) is 4.17. The molecule has 0 aromatic carbocycles. The van der Waals surface area contributed by atoms with E-state index in [0.29, 0.717) is 5.92 Å². The van der Waals surface area contributed by atoms with Crippen molar-refractivity contribution in [3.63, 3.8) is 0 Å². The Hall–Kier alpha value is -0.870. The fraction of sp³-hybridized carbons (Fsp3) is 0.750. The summed E-state index contributed by atoms with van der Waals surface area (Å²) in [6.45, 7) is 4.37. The molecule has 4 heteroatoms. The van der Waals surface area contributed by atoms with Gasteiger partial charge in [0.15, 0.2) is 5.89 Å². The molecule has 0 saturated carbocycles. The lowest BCUT2D eigenvalue weighted by atomic mass is 9.97. The molecule has 0 aliphatic carbocycles. The molecule has 2 heterocycles. The van der Waals surface area contributed by atoms with Crippen LogP contribution in [0.5, 0.6) is 0 Å². The number of hydrogen-bond acceptors (Lipinski definition) is 4. The lowest BCUT2D eigenvalue weighted by molar-refractivity contribution is 0.234. The van der Waals surface area contributed by atoms with Crippen LogP contribution >= 0.6 is 0 Å². The lowest BCUT2D eigenvalue weighted by Crippen LogP contribution is -2.29. The molecule has 2 rings (SSSR count). The Bertz CT molecular complexity index is 329. The van der Waals surface area contributed by atoms with Gasteiger partial charge in [0.1, 0.15) is 5.76 Å². The van der Waals surface area contributed by atoms with Gasteiger partial charge < -0.3 is 14.6 Å². The second-order valence-electron chi connectivity index (χ2n) is 4.69. The second kappa shape index (κ2) is 4.97. The average Bonchev–Trinajstić information content (AvgIpc) is 2.78. The fourth-order valence-corrected chi connectivity index (χ4v) is 2.09. The maximum atomic E-state index is 5.82. The Morgan fingerprint density at radius 1 is 1.50 bits per heavy atom. The van der Waals surface area contributed by atoms with Gasteiger partial charge in [-0.05, 0) is 47.0 Å². The van der Waals surface area contributed by atoms with Crippen molar-refractivity contribution in [1.29, 1.82) is 0 Å². The van der Waals surface area contributed by atoms with E-state index in [9.17, 15) is 0 Å². The molecule has 0 spiro atoms. The Morgan fingerprint density at radius 2 is 2.19 bits per heavy atom. The van der Waals surface area contributed by atoms with E-state index in [0.717, 1.165) is 37.6 Å². The predicted octanol–water partition coefficient (Wildman–Crippen LogP) is 1.76. The molecule has 1 aromatic rings. The minimum absolute atomic E-state index is 0.243. The molecule has 1 saturated heterocycles. The van der Waals surface area contributed by atoms with E-state index in [1.807, 2.05) is 13.2 Å². The van der Waals surface area contributed by atoms with Crippen LogP contribution in [0.1, 0.15) is 43.4 Å². The molecule has 1 N–H and O–H groups in total. The molecule has 1 unspecified atom stereocenters. The highest BCUT2D eigenvalue weighted by Gasteiger charge is 2.23. The van der Waals surface area contributed by atoms with Gasteiger partial charge in [-0.25, -0.2) is 4.98 Å². The number of piperidine rings is 1. The van der Waals surface area contributed by atoms with Gasteiger partial charge in [-0.1, -0.05) is 0 Å². The minimum Gasteiger partial charge on any atom is -0.444 e. The molecule has 1 fully saturated rings. The fourth-order valence-electron chi connectivity index (χ4n) is 2.09. The first kappa shape index (κ1) is 11.6. The van der Waals surface area contributed by atoms with Crippen molar-refractivity contribution in [2.24, 2.45) is 0 Å². The Labute approximate surface area is 97.0 Å². The molecule has 1 aliphatic heterocycles. The number of rotatable bonds is 3. The molecular weight excluding hydrogens is 202 g/mol. The minimum atomic E-state index is 0.243. The summed E-state index contributed by atoms with van der Waals surface area (Å²) >= 11 is 0. The van der Waals surface area contributed by atoms with E-state index in [-0.39, 0.29) is 6.04 Å². The molecule has 1 aromatic heterocycles. The zero-order chi connectivity index (χ0) is 11.5. The molecule has 1 aliphatic rings. The zero-order valence-electron chi connectivity index (χ0n) is 10.4. The normalized spacial score (nSPS) is 21.2. The topological polar surface area (TPSA) is 41.3 Å². The molecule has 0 bridgehead atoms. The molecule has 1 atom stereocenters. The van der Waals surface area contributed by atoms with Gasteiger partial charge in [0.25, 0.3) is 0 Å². The maximum absolute atomic E-state index is 5.82. The van der Waals surface area contributed by atoms with Crippen LogP contribution in [-0.2, 0) is 0 Å². The van der Waals surface area contributed by atoms with E-state index < -0.39 is 0 Å². The smallest absolute Gasteiger partial charge is 0.197 e. The summed E-state index contributed by atoms with van der Waals surface area (Å²) in [5.41, 5.74) is 0. The van der Waals surface area contributed by atoms with Crippen LogP contribution in [0, 0.1) is 0 Å². The van der Waals surface area contributed by atoms with Crippen molar-refractivity contribution in [3.8, 4) is 0 Å². The third-order valence-corrected chi connectivity index (χ3v) is 3.47. The highest BCUT2D eigenvalue weighted by Crippen LogP contribution is 2.28. The third-order valence-electron chi connectivity index (χ3n) is 3.47. The van der Waals surface area contributed by atoms with E-state index in [4.69, 9.17) is 4.42 Å². The monoisotopic (exact) mass is 223 g/mol. The van der Waals surface area contributed by atoms with Gasteiger partial charge in [0.2, 0.25) is 0 Å². The SMILES string of the molecule is CNC(C)c1cnc(C2CCN(C)CC2)o1. The molecule has 0 radical (unpaired) electrons. The van der Waals surface area contributed by atoms with Gasteiger partial charge in [-0.2, -0.15) is 0 Å². The largest absolute Gasteiger partial charge is 0.444 e. The van der Waals surface area contributed by atoms with Crippen molar-refractivity contribution in [2.75, 3.05) is 27.2 Å². The molecule has 0 amide bonds. The Morgan fingerprint density at radius 3 is 2.81 bits per heavy atom. The van der Waals surface area contributed by atoms with Gasteiger partial charge in [-0.3, -0.25) is 0 Å². The molecule has 4 nitrogen and oxygen atoms in total. The van der Waals surface area contributed by atoms with E-state index in [1.165, 1.54) is 0 Å². The van der Waals surface area contributed by atoms with E-state index >= 15 is 0 Å². The highest BCUT2D eigenvalue weighted by atomic mass is 16.4. The Balaban J connectivity index is 2.01. The summed E-state index contributed by atoms with van der Waals surface area (Å²) in [5.74, 6) is 2.37. The first-order valence-electron chi connectivity index (χ1n) is 6.02.